The fraction of sp³-hybridized carbons (Fsp3) is 0. The smallest absolute Gasteiger partial charge is 0.162 e. The maximum atomic E-state index is 6.24. The number of hydrogen-bond acceptors (Lipinski definition) is 2. The first-order chi connectivity index (χ1) is 9.54. The van der Waals surface area contributed by atoms with Crippen LogP contribution >= 0.6 is 55.1 Å². The Morgan fingerprint density at radius 2 is 1.55 bits per heavy atom. The van der Waals surface area contributed by atoms with Crippen LogP contribution in [0.15, 0.2) is 45.3 Å². The number of halogens is 4. The molecule has 3 rings (SSSR count). The Morgan fingerprint density at radius 3 is 2.30 bits per heavy atom. The van der Waals surface area contributed by atoms with Crippen LogP contribution in [-0.2, 0) is 0 Å². The van der Waals surface area contributed by atoms with Crippen LogP contribution in [0.2, 0.25) is 10.2 Å². The van der Waals surface area contributed by atoms with Gasteiger partial charge in [-0.25, -0.2) is 9.97 Å². The molecule has 0 fully saturated rings. The third-order valence-electron chi connectivity index (χ3n) is 2.78. The van der Waals surface area contributed by atoms with Crippen LogP contribution < -0.4 is 0 Å². The van der Waals surface area contributed by atoms with E-state index in [4.69, 9.17) is 23.2 Å². The lowest BCUT2D eigenvalue weighted by molar-refractivity contribution is 1.22. The van der Waals surface area contributed by atoms with Crippen LogP contribution in [0, 0.1) is 0 Å². The van der Waals surface area contributed by atoms with Gasteiger partial charge in [0.15, 0.2) is 5.82 Å². The van der Waals surface area contributed by atoms with Crippen molar-refractivity contribution in [2.24, 2.45) is 0 Å². The molecule has 0 aliphatic heterocycles. The summed E-state index contributed by atoms with van der Waals surface area (Å²) in [6, 6.07) is 11.3. The summed E-state index contributed by atoms with van der Waals surface area (Å²) in [5.74, 6) is 0.512. The van der Waals surface area contributed by atoms with Gasteiger partial charge in [0, 0.05) is 19.9 Å². The molecule has 1 aromatic heterocycles. The van der Waals surface area contributed by atoms with E-state index in [-0.39, 0.29) is 0 Å². The second-order valence-electron chi connectivity index (χ2n) is 4.12. The highest BCUT2D eigenvalue weighted by molar-refractivity contribution is 9.10. The molecule has 0 saturated heterocycles. The SMILES string of the molecule is Clc1cc(Br)ccc1-c1nc(Cl)c2ccc(Br)cc2n1. The second kappa shape index (κ2) is 5.60. The van der Waals surface area contributed by atoms with Crippen molar-refractivity contribution in [3.05, 3.63) is 55.5 Å². The predicted molar refractivity (Wildman–Crippen MR) is 90.4 cm³/mol. The van der Waals surface area contributed by atoms with Gasteiger partial charge in [-0.05, 0) is 36.4 Å². The number of rotatable bonds is 1. The van der Waals surface area contributed by atoms with E-state index in [1.165, 1.54) is 0 Å². The molecule has 20 heavy (non-hydrogen) atoms. The molecule has 0 aliphatic rings. The van der Waals surface area contributed by atoms with Gasteiger partial charge >= 0.3 is 0 Å². The minimum Gasteiger partial charge on any atom is -0.228 e. The Bertz CT molecular complexity index is 822. The van der Waals surface area contributed by atoms with Crippen molar-refractivity contribution < 1.29 is 0 Å². The molecule has 0 N–H and O–H groups in total. The quantitative estimate of drug-likeness (QED) is 0.432. The highest BCUT2D eigenvalue weighted by Crippen LogP contribution is 2.31. The van der Waals surface area contributed by atoms with E-state index in [2.05, 4.69) is 41.8 Å². The number of hydrogen-bond donors (Lipinski definition) is 0. The summed E-state index contributed by atoms with van der Waals surface area (Å²) in [6.07, 6.45) is 0. The molecule has 1 heterocycles. The van der Waals surface area contributed by atoms with E-state index >= 15 is 0 Å². The summed E-state index contributed by atoms with van der Waals surface area (Å²) in [5.41, 5.74) is 1.52. The molecule has 0 spiro atoms. The highest BCUT2D eigenvalue weighted by atomic mass is 79.9. The fourth-order valence-electron chi connectivity index (χ4n) is 1.86. The van der Waals surface area contributed by atoms with Gasteiger partial charge in [0.25, 0.3) is 0 Å². The van der Waals surface area contributed by atoms with Crippen molar-refractivity contribution in [3.8, 4) is 11.4 Å². The lowest BCUT2D eigenvalue weighted by Gasteiger charge is -2.07. The van der Waals surface area contributed by atoms with Gasteiger partial charge in [-0.3, -0.25) is 0 Å². The molecule has 2 aromatic carbocycles. The van der Waals surface area contributed by atoms with Gasteiger partial charge < -0.3 is 0 Å². The molecule has 0 bridgehead atoms. The van der Waals surface area contributed by atoms with Crippen molar-refractivity contribution in [2.75, 3.05) is 0 Å². The minimum absolute atomic E-state index is 0.413. The van der Waals surface area contributed by atoms with Crippen LogP contribution in [0.5, 0.6) is 0 Å². The number of benzene rings is 2. The molecule has 100 valence electrons. The Labute approximate surface area is 142 Å². The lowest BCUT2D eigenvalue weighted by Crippen LogP contribution is -1.92. The maximum absolute atomic E-state index is 6.24. The van der Waals surface area contributed by atoms with Gasteiger partial charge in [-0.15, -0.1) is 0 Å². The Kier molecular flexibility index (Phi) is 4.00. The van der Waals surface area contributed by atoms with Crippen molar-refractivity contribution in [1.82, 2.24) is 9.97 Å². The first kappa shape index (κ1) is 14.3. The third kappa shape index (κ3) is 2.70. The van der Waals surface area contributed by atoms with Gasteiger partial charge in [0.1, 0.15) is 5.15 Å². The van der Waals surface area contributed by atoms with Gasteiger partial charge in [-0.2, -0.15) is 0 Å². The summed E-state index contributed by atoms with van der Waals surface area (Å²) >= 11 is 19.3. The van der Waals surface area contributed by atoms with Gasteiger partial charge in [0.2, 0.25) is 0 Å². The zero-order valence-corrected chi connectivity index (χ0v) is 14.6. The van der Waals surface area contributed by atoms with E-state index in [0.717, 1.165) is 25.4 Å². The fourth-order valence-corrected chi connectivity index (χ4v) is 3.20. The first-order valence-corrected chi connectivity index (χ1v) is 7.97. The van der Waals surface area contributed by atoms with Crippen molar-refractivity contribution in [3.63, 3.8) is 0 Å². The standard InChI is InChI=1S/C14H6Br2Cl2N2/c15-7-1-3-9(11(17)5-7)14-19-12-6-8(16)2-4-10(12)13(18)20-14/h1-6H. The van der Waals surface area contributed by atoms with Crippen molar-refractivity contribution in [2.45, 2.75) is 0 Å². The van der Waals surface area contributed by atoms with E-state index < -0.39 is 0 Å². The Balaban J connectivity index is 2.26. The van der Waals surface area contributed by atoms with Crippen LogP contribution in [0.1, 0.15) is 0 Å². The largest absolute Gasteiger partial charge is 0.228 e. The molecule has 0 saturated carbocycles. The summed E-state index contributed by atoms with van der Waals surface area (Å²) in [7, 11) is 0. The normalized spacial score (nSPS) is 11.0. The number of fused-ring (bicyclic) bond motifs is 1. The monoisotopic (exact) mass is 430 g/mol. The average Bonchev–Trinajstić information content (AvgIpc) is 2.37. The van der Waals surface area contributed by atoms with Crippen LogP contribution in [0.3, 0.4) is 0 Å². The Hall–Kier alpha value is -0.680. The highest BCUT2D eigenvalue weighted by Gasteiger charge is 2.11. The molecular formula is C14H6Br2Cl2N2. The summed E-state index contributed by atoms with van der Waals surface area (Å²) in [4.78, 5) is 8.86. The molecule has 2 nitrogen and oxygen atoms in total. The van der Waals surface area contributed by atoms with Crippen molar-refractivity contribution >= 4 is 66.0 Å². The summed E-state index contributed by atoms with van der Waals surface area (Å²) in [6.45, 7) is 0. The molecule has 0 aliphatic carbocycles. The number of nitrogens with zero attached hydrogens (tertiary/aromatic N) is 2. The molecule has 0 unspecified atom stereocenters. The van der Waals surface area contributed by atoms with E-state index in [1.807, 2.05) is 30.3 Å². The van der Waals surface area contributed by atoms with Crippen molar-refractivity contribution in [1.29, 1.82) is 0 Å². The maximum Gasteiger partial charge on any atom is 0.162 e. The van der Waals surface area contributed by atoms with E-state index in [0.29, 0.717) is 16.0 Å². The zero-order valence-electron chi connectivity index (χ0n) is 9.87. The average molecular weight is 433 g/mol. The van der Waals surface area contributed by atoms with Crippen LogP contribution in [-0.4, -0.2) is 9.97 Å². The topological polar surface area (TPSA) is 25.8 Å². The van der Waals surface area contributed by atoms with Gasteiger partial charge in [-0.1, -0.05) is 55.1 Å². The summed E-state index contributed by atoms with van der Waals surface area (Å²) in [5, 5.41) is 1.80. The van der Waals surface area contributed by atoms with Crippen LogP contribution in [0.25, 0.3) is 22.3 Å². The minimum atomic E-state index is 0.413. The Morgan fingerprint density at radius 1 is 0.850 bits per heavy atom. The molecule has 0 atom stereocenters. The molecule has 3 aromatic rings. The summed E-state index contributed by atoms with van der Waals surface area (Å²) < 4.78 is 1.84. The van der Waals surface area contributed by atoms with E-state index in [1.54, 1.807) is 6.07 Å². The van der Waals surface area contributed by atoms with E-state index in [9.17, 15) is 0 Å². The predicted octanol–water partition coefficient (Wildman–Crippen LogP) is 6.13. The number of aromatic nitrogens is 2. The molecule has 0 amide bonds. The lowest BCUT2D eigenvalue weighted by atomic mass is 10.2. The molecule has 6 heteroatoms. The molecular weight excluding hydrogens is 427 g/mol. The molecule has 0 radical (unpaired) electrons. The zero-order chi connectivity index (χ0) is 14.3. The third-order valence-corrected chi connectivity index (χ3v) is 4.37. The van der Waals surface area contributed by atoms with Gasteiger partial charge in [0.05, 0.1) is 10.5 Å². The first-order valence-electron chi connectivity index (χ1n) is 5.63. The second-order valence-corrected chi connectivity index (χ2v) is 6.72. The van der Waals surface area contributed by atoms with Crippen LogP contribution in [0.4, 0.5) is 0 Å².